The van der Waals surface area contributed by atoms with Crippen molar-refractivity contribution >= 4 is 5.84 Å². The summed E-state index contributed by atoms with van der Waals surface area (Å²) >= 11 is 0. The van der Waals surface area contributed by atoms with E-state index in [1.807, 2.05) is 0 Å². The van der Waals surface area contributed by atoms with Crippen LogP contribution in [0.1, 0.15) is 52.9 Å². The highest BCUT2D eigenvalue weighted by molar-refractivity contribution is 5.82. The van der Waals surface area contributed by atoms with Crippen LogP contribution < -0.4 is 5.73 Å². The minimum atomic E-state index is -0.114. The molecule has 1 fully saturated rings. The van der Waals surface area contributed by atoms with Crippen LogP contribution in [0.2, 0.25) is 0 Å². The highest BCUT2D eigenvalue weighted by atomic mass is 15.1. The van der Waals surface area contributed by atoms with Crippen LogP contribution in [0, 0.1) is 16.7 Å². The minimum absolute atomic E-state index is 0.114. The maximum absolute atomic E-state index is 7.52. The number of hydrogen-bond acceptors (Lipinski definition) is 2. The van der Waals surface area contributed by atoms with E-state index in [-0.39, 0.29) is 5.41 Å². The average Bonchev–Trinajstić information content (AvgIpc) is 2.72. The Balaban J connectivity index is 2.11. The molecule has 3 heteroatoms. The van der Waals surface area contributed by atoms with Crippen LogP contribution in [-0.4, -0.2) is 30.4 Å². The van der Waals surface area contributed by atoms with Crippen LogP contribution >= 0.6 is 0 Å². The Morgan fingerprint density at radius 3 is 2.65 bits per heavy atom. The second-order valence-electron chi connectivity index (χ2n) is 6.12. The SMILES string of the molecule is CCC1CCN(CCCCC(C)(C)C(=N)N)C1. The van der Waals surface area contributed by atoms with E-state index in [1.165, 1.54) is 45.3 Å². The van der Waals surface area contributed by atoms with E-state index in [9.17, 15) is 0 Å². The van der Waals surface area contributed by atoms with Gasteiger partial charge < -0.3 is 10.6 Å². The molecule has 0 spiro atoms. The van der Waals surface area contributed by atoms with Crippen LogP contribution in [0.25, 0.3) is 0 Å². The third-order valence-electron chi connectivity index (χ3n) is 4.20. The molecule has 100 valence electrons. The normalized spacial score (nSPS) is 21.9. The van der Waals surface area contributed by atoms with Gasteiger partial charge in [-0.3, -0.25) is 5.41 Å². The molecule has 3 nitrogen and oxygen atoms in total. The first-order chi connectivity index (χ1) is 7.95. The van der Waals surface area contributed by atoms with E-state index in [1.54, 1.807) is 0 Å². The fourth-order valence-electron chi connectivity index (χ4n) is 2.49. The molecule has 1 atom stereocenters. The Kier molecular flexibility index (Phi) is 5.44. The predicted molar refractivity (Wildman–Crippen MR) is 74.4 cm³/mol. The van der Waals surface area contributed by atoms with E-state index in [4.69, 9.17) is 11.1 Å². The highest BCUT2D eigenvalue weighted by Crippen LogP contribution is 2.24. The van der Waals surface area contributed by atoms with Gasteiger partial charge in [-0.05, 0) is 38.3 Å². The van der Waals surface area contributed by atoms with E-state index >= 15 is 0 Å². The maximum Gasteiger partial charge on any atom is 0.0963 e. The second-order valence-corrected chi connectivity index (χ2v) is 6.12. The molecule has 0 bridgehead atoms. The van der Waals surface area contributed by atoms with Gasteiger partial charge in [0, 0.05) is 12.0 Å². The van der Waals surface area contributed by atoms with Crippen molar-refractivity contribution in [3.05, 3.63) is 0 Å². The van der Waals surface area contributed by atoms with Gasteiger partial charge in [0.05, 0.1) is 5.84 Å². The molecule has 0 aliphatic carbocycles. The van der Waals surface area contributed by atoms with Crippen molar-refractivity contribution in [2.45, 2.75) is 52.9 Å². The van der Waals surface area contributed by atoms with Crippen LogP contribution in [0.4, 0.5) is 0 Å². The summed E-state index contributed by atoms with van der Waals surface area (Å²) in [6.45, 7) is 10.2. The summed E-state index contributed by atoms with van der Waals surface area (Å²) in [5, 5.41) is 7.52. The summed E-state index contributed by atoms with van der Waals surface area (Å²) in [5.41, 5.74) is 5.47. The predicted octanol–water partition coefficient (Wildman–Crippen LogP) is 2.85. The van der Waals surface area contributed by atoms with Gasteiger partial charge in [-0.1, -0.05) is 33.6 Å². The van der Waals surface area contributed by atoms with Gasteiger partial charge >= 0.3 is 0 Å². The van der Waals surface area contributed by atoms with Crippen LogP contribution in [0.3, 0.4) is 0 Å². The molecule has 0 saturated carbocycles. The first-order valence-electron chi connectivity index (χ1n) is 7.02. The Bertz CT molecular complexity index is 248. The Labute approximate surface area is 106 Å². The summed E-state index contributed by atoms with van der Waals surface area (Å²) in [4.78, 5) is 2.59. The third-order valence-corrected chi connectivity index (χ3v) is 4.20. The lowest BCUT2D eigenvalue weighted by Crippen LogP contribution is -2.31. The zero-order chi connectivity index (χ0) is 12.9. The molecular formula is C14H29N3. The van der Waals surface area contributed by atoms with Gasteiger partial charge in [-0.2, -0.15) is 0 Å². The molecule has 1 aliphatic rings. The molecule has 3 N–H and O–H groups in total. The zero-order valence-corrected chi connectivity index (χ0v) is 11.8. The summed E-state index contributed by atoms with van der Waals surface area (Å²) in [6.07, 6.45) is 6.17. The Morgan fingerprint density at radius 2 is 2.12 bits per heavy atom. The van der Waals surface area contributed by atoms with Crippen molar-refractivity contribution in [2.75, 3.05) is 19.6 Å². The molecule has 0 amide bonds. The fraction of sp³-hybridized carbons (Fsp3) is 0.929. The number of nitrogens with zero attached hydrogens (tertiary/aromatic N) is 1. The number of nitrogens with two attached hydrogens (primary N) is 1. The van der Waals surface area contributed by atoms with E-state index < -0.39 is 0 Å². The monoisotopic (exact) mass is 239 g/mol. The van der Waals surface area contributed by atoms with Gasteiger partial charge in [0.15, 0.2) is 0 Å². The number of nitrogens with one attached hydrogen (secondary N) is 1. The topological polar surface area (TPSA) is 53.1 Å². The van der Waals surface area contributed by atoms with Gasteiger partial charge in [0.1, 0.15) is 0 Å². The second kappa shape index (κ2) is 6.39. The lowest BCUT2D eigenvalue weighted by molar-refractivity contribution is 0.306. The van der Waals surface area contributed by atoms with Crippen molar-refractivity contribution < 1.29 is 0 Å². The first-order valence-corrected chi connectivity index (χ1v) is 7.02. The molecule has 1 saturated heterocycles. The van der Waals surface area contributed by atoms with E-state index in [0.717, 1.165) is 12.3 Å². The molecule has 17 heavy (non-hydrogen) atoms. The van der Waals surface area contributed by atoms with Gasteiger partial charge in [0.2, 0.25) is 0 Å². The zero-order valence-electron chi connectivity index (χ0n) is 11.8. The summed E-state index contributed by atoms with van der Waals surface area (Å²) in [5.74, 6) is 1.26. The van der Waals surface area contributed by atoms with Gasteiger partial charge in [-0.25, -0.2) is 0 Å². The number of hydrogen-bond donors (Lipinski definition) is 2. The van der Waals surface area contributed by atoms with E-state index in [0.29, 0.717) is 5.84 Å². The maximum atomic E-state index is 7.52. The number of unbranched alkanes of at least 4 members (excludes halogenated alkanes) is 1. The molecular weight excluding hydrogens is 210 g/mol. The van der Waals surface area contributed by atoms with Crippen LogP contribution in [0.15, 0.2) is 0 Å². The molecule has 0 aromatic heterocycles. The molecule has 0 aromatic carbocycles. The molecule has 1 heterocycles. The Hall–Kier alpha value is -0.570. The smallest absolute Gasteiger partial charge is 0.0963 e. The lowest BCUT2D eigenvalue weighted by atomic mass is 9.86. The van der Waals surface area contributed by atoms with Gasteiger partial charge in [-0.15, -0.1) is 0 Å². The standard InChI is InChI=1S/C14H29N3/c1-4-12-7-10-17(11-12)9-6-5-8-14(2,3)13(15)16/h12H,4-11H2,1-3H3,(H3,15,16). The number of amidine groups is 1. The molecule has 1 rings (SSSR count). The number of rotatable bonds is 7. The average molecular weight is 239 g/mol. The van der Waals surface area contributed by atoms with Crippen molar-refractivity contribution in [3.8, 4) is 0 Å². The summed E-state index contributed by atoms with van der Waals surface area (Å²) in [7, 11) is 0. The summed E-state index contributed by atoms with van der Waals surface area (Å²) in [6, 6.07) is 0. The van der Waals surface area contributed by atoms with Crippen molar-refractivity contribution in [2.24, 2.45) is 17.1 Å². The number of likely N-dealkylation sites (tertiary alicyclic amines) is 1. The molecule has 0 radical (unpaired) electrons. The Morgan fingerprint density at radius 1 is 1.41 bits per heavy atom. The van der Waals surface area contributed by atoms with E-state index in [2.05, 4.69) is 25.7 Å². The summed E-state index contributed by atoms with van der Waals surface area (Å²) < 4.78 is 0. The van der Waals surface area contributed by atoms with Crippen LogP contribution in [-0.2, 0) is 0 Å². The van der Waals surface area contributed by atoms with Crippen LogP contribution in [0.5, 0.6) is 0 Å². The van der Waals surface area contributed by atoms with Crippen molar-refractivity contribution in [1.82, 2.24) is 4.90 Å². The third kappa shape index (κ3) is 4.66. The minimum Gasteiger partial charge on any atom is -0.387 e. The molecule has 1 unspecified atom stereocenters. The molecule has 0 aromatic rings. The quantitative estimate of drug-likeness (QED) is 0.408. The molecule has 1 aliphatic heterocycles. The highest BCUT2D eigenvalue weighted by Gasteiger charge is 2.22. The fourth-order valence-corrected chi connectivity index (χ4v) is 2.49. The van der Waals surface area contributed by atoms with Crippen molar-refractivity contribution in [1.29, 1.82) is 5.41 Å². The lowest BCUT2D eigenvalue weighted by Gasteiger charge is -2.23. The largest absolute Gasteiger partial charge is 0.387 e. The first kappa shape index (κ1) is 14.5. The van der Waals surface area contributed by atoms with Gasteiger partial charge in [0.25, 0.3) is 0 Å². The van der Waals surface area contributed by atoms with Crippen molar-refractivity contribution in [3.63, 3.8) is 0 Å².